The molecule has 2 rings (SSSR count). The standard InChI is InChI=1S/C19H24N2O4S2/c1-14(2)21(15-8-10-16(11-9-15)27(3,24)25)18(22)7-4-12-20-19(23)17-6-5-13-26-17/h5-6,8-11,13-14H,4,7,12H2,1-3H3,(H,20,23). The van der Waals surface area contributed by atoms with Gasteiger partial charge in [0.1, 0.15) is 0 Å². The number of rotatable bonds is 8. The maximum absolute atomic E-state index is 12.6. The van der Waals surface area contributed by atoms with Gasteiger partial charge in [-0.25, -0.2) is 8.42 Å². The second-order valence-corrected chi connectivity index (χ2v) is 9.42. The normalized spacial score (nSPS) is 11.4. The molecule has 0 atom stereocenters. The summed E-state index contributed by atoms with van der Waals surface area (Å²) in [4.78, 5) is 27.0. The Hall–Kier alpha value is -2.19. The summed E-state index contributed by atoms with van der Waals surface area (Å²) < 4.78 is 23.2. The highest BCUT2D eigenvalue weighted by Gasteiger charge is 2.19. The van der Waals surface area contributed by atoms with Gasteiger partial charge in [0.25, 0.3) is 5.91 Å². The predicted octanol–water partition coefficient (Wildman–Crippen LogP) is 3.10. The highest BCUT2D eigenvalue weighted by atomic mass is 32.2. The number of carbonyl (C=O) groups is 2. The van der Waals surface area contributed by atoms with Gasteiger partial charge in [-0.1, -0.05) is 6.07 Å². The summed E-state index contributed by atoms with van der Waals surface area (Å²) >= 11 is 1.37. The maximum Gasteiger partial charge on any atom is 0.261 e. The summed E-state index contributed by atoms with van der Waals surface area (Å²) in [6.07, 6.45) is 1.97. The van der Waals surface area contributed by atoms with Crippen molar-refractivity contribution >= 4 is 38.7 Å². The van der Waals surface area contributed by atoms with E-state index in [2.05, 4.69) is 5.32 Å². The number of carbonyl (C=O) groups excluding carboxylic acids is 2. The Morgan fingerprint density at radius 1 is 1.15 bits per heavy atom. The Kier molecular flexibility index (Phi) is 7.15. The molecular formula is C19H24N2O4S2. The molecule has 1 N–H and O–H groups in total. The van der Waals surface area contributed by atoms with Gasteiger partial charge in [0, 0.05) is 31.0 Å². The van der Waals surface area contributed by atoms with E-state index in [9.17, 15) is 18.0 Å². The van der Waals surface area contributed by atoms with Crippen LogP contribution < -0.4 is 10.2 Å². The van der Waals surface area contributed by atoms with Gasteiger partial charge in [-0.3, -0.25) is 9.59 Å². The van der Waals surface area contributed by atoms with E-state index in [1.165, 1.54) is 23.5 Å². The summed E-state index contributed by atoms with van der Waals surface area (Å²) in [6, 6.07) is 9.81. The van der Waals surface area contributed by atoms with E-state index in [-0.39, 0.29) is 29.2 Å². The van der Waals surface area contributed by atoms with E-state index >= 15 is 0 Å². The minimum atomic E-state index is -3.27. The Morgan fingerprint density at radius 3 is 2.33 bits per heavy atom. The van der Waals surface area contributed by atoms with Gasteiger partial charge < -0.3 is 10.2 Å². The van der Waals surface area contributed by atoms with Crippen LogP contribution in [0.2, 0.25) is 0 Å². The fourth-order valence-electron chi connectivity index (χ4n) is 2.64. The van der Waals surface area contributed by atoms with Crippen molar-refractivity contribution in [3.05, 3.63) is 46.7 Å². The number of hydrogen-bond acceptors (Lipinski definition) is 5. The molecule has 27 heavy (non-hydrogen) atoms. The number of benzene rings is 1. The zero-order valence-corrected chi connectivity index (χ0v) is 17.3. The molecule has 0 spiro atoms. The van der Waals surface area contributed by atoms with Crippen molar-refractivity contribution in [1.82, 2.24) is 5.32 Å². The van der Waals surface area contributed by atoms with Crippen LogP contribution in [0.1, 0.15) is 36.4 Å². The number of amides is 2. The van der Waals surface area contributed by atoms with E-state index < -0.39 is 9.84 Å². The summed E-state index contributed by atoms with van der Waals surface area (Å²) in [7, 11) is -3.27. The van der Waals surface area contributed by atoms with Crippen LogP contribution in [0, 0.1) is 0 Å². The lowest BCUT2D eigenvalue weighted by Crippen LogP contribution is -2.37. The number of thiophene rings is 1. The van der Waals surface area contributed by atoms with Crippen molar-refractivity contribution in [2.75, 3.05) is 17.7 Å². The molecule has 0 saturated carbocycles. The van der Waals surface area contributed by atoms with Crippen molar-refractivity contribution in [1.29, 1.82) is 0 Å². The van der Waals surface area contributed by atoms with Crippen LogP contribution in [0.5, 0.6) is 0 Å². The third-order valence-corrected chi connectivity index (χ3v) is 5.92. The summed E-state index contributed by atoms with van der Waals surface area (Å²) in [5.74, 6) is -0.197. The summed E-state index contributed by atoms with van der Waals surface area (Å²) in [5.41, 5.74) is 0.657. The van der Waals surface area contributed by atoms with E-state index in [0.717, 1.165) is 6.26 Å². The van der Waals surface area contributed by atoms with E-state index in [1.807, 2.05) is 25.3 Å². The SMILES string of the molecule is CC(C)N(C(=O)CCCNC(=O)c1cccs1)c1ccc(S(C)(=O)=O)cc1. The van der Waals surface area contributed by atoms with Crippen LogP contribution >= 0.6 is 11.3 Å². The van der Waals surface area contributed by atoms with Gasteiger partial charge in [0.2, 0.25) is 5.91 Å². The first-order valence-electron chi connectivity index (χ1n) is 8.64. The molecule has 1 aromatic carbocycles. The summed E-state index contributed by atoms with van der Waals surface area (Å²) in [6.45, 7) is 4.23. The van der Waals surface area contributed by atoms with Crippen LogP contribution in [0.25, 0.3) is 0 Å². The van der Waals surface area contributed by atoms with Crippen molar-refractivity contribution < 1.29 is 18.0 Å². The van der Waals surface area contributed by atoms with Gasteiger partial charge >= 0.3 is 0 Å². The van der Waals surface area contributed by atoms with Crippen LogP contribution in [0.15, 0.2) is 46.7 Å². The molecule has 0 unspecified atom stereocenters. The largest absolute Gasteiger partial charge is 0.351 e. The highest BCUT2D eigenvalue weighted by molar-refractivity contribution is 7.90. The molecule has 0 aliphatic heterocycles. The minimum absolute atomic E-state index is 0.0671. The quantitative estimate of drug-likeness (QED) is 0.680. The van der Waals surface area contributed by atoms with Crippen LogP contribution in [-0.2, 0) is 14.6 Å². The average molecular weight is 409 g/mol. The van der Waals surface area contributed by atoms with Crippen LogP contribution in [0.3, 0.4) is 0 Å². The lowest BCUT2D eigenvalue weighted by atomic mass is 10.2. The Balaban J connectivity index is 1.94. The summed E-state index contributed by atoms with van der Waals surface area (Å²) in [5, 5.41) is 4.65. The Bertz CT molecular complexity index is 873. The van der Waals surface area contributed by atoms with Gasteiger partial charge in [0.05, 0.1) is 9.77 Å². The molecule has 0 fully saturated rings. The van der Waals surface area contributed by atoms with Gasteiger partial charge in [-0.05, 0) is 56.0 Å². The number of nitrogens with one attached hydrogen (secondary N) is 1. The molecule has 0 aliphatic rings. The second-order valence-electron chi connectivity index (χ2n) is 6.46. The number of hydrogen-bond donors (Lipinski definition) is 1. The van der Waals surface area contributed by atoms with Gasteiger partial charge in [0.15, 0.2) is 9.84 Å². The number of nitrogens with zero attached hydrogens (tertiary/aromatic N) is 1. The predicted molar refractivity (Wildman–Crippen MR) is 108 cm³/mol. The lowest BCUT2D eigenvalue weighted by molar-refractivity contribution is -0.119. The van der Waals surface area contributed by atoms with Crippen molar-refractivity contribution in [3.63, 3.8) is 0 Å². The third-order valence-electron chi connectivity index (χ3n) is 3.93. The molecule has 146 valence electrons. The smallest absolute Gasteiger partial charge is 0.261 e. The van der Waals surface area contributed by atoms with E-state index in [0.29, 0.717) is 23.5 Å². The number of sulfone groups is 1. The maximum atomic E-state index is 12.6. The number of anilines is 1. The first kappa shape index (κ1) is 21.1. The molecule has 2 amide bonds. The zero-order valence-electron chi connectivity index (χ0n) is 15.6. The third kappa shape index (κ3) is 5.90. The molecule has 1 heterocycles. The fourth-order valence-corrected chi connectivity index (χ4v) is 3.91. The fraction of sp³-hybridized carbons (Fsp3) is 0.368. The first-order valence-corrected chi connectivity index (χ1v) is 11.4. The molecule has 0 aliphatic carbocycles. The van der Waals surface area contributed by atoms with Crippen LogP contribution in [-0.4, -0.2) is 39.1 Å². The van der Waals surface area contributed by atoms with Gasteiger partial charge in [-0.2, -0.15) is 0 Å². The average Bonchev–Trinajstić information content (AvgIpc) is 3.13. The molecule has 2 aromatic rings. The van der Waals surface area contributed by atoms with Crippen molar-refractivity contribution in [2.24, 2.45) is 0 Å². The first-order chi connectivity index (χ1) is 12.7. The molecule has 0 bridgehead atoms. The zero-order chi connectivity index (χ0) is 20.0. The lowest BCUT2D eigenvalue weighted by Gasteiger charge is -2.27. The van der Waals surface area contributed by atoms with Gasteiger partial charge in [-0.15, -0.1) is 11.3 Å². The molecule has 0 saturated heterocycles. The van der Waals surface area contributed by atoms with E-state index in [4.69, 9.17) is 0 Å². The van der Waals surface area contributed by atoms with Crippen molar-refractivity contribution in [2.45, 2.75) is 37.6 Å². The molecular weight excluding hydrogens is 384 g/mol. The topological polar surface area (TPSA) is 83.6 Å². The molecule has 1 aromatic heterocycles. The van der Waals surface area contributed by atoms with Crippen LogP contribution in [0.4, 0.5) is 5.69 Å². The Labute approximate surface area is 164 Å². The highest BCUT2D eigenvalue weighted by Crippen LogP contribution is 2.21. The molecule has 8 heteroatoms. The van der Waals surface area contributed by atoms with Crippen molar-refractivity contribution in [3.8, 4) is 0 Å². The monoisotopic (exact) mass is 408 g/mol. The molecule has 0 radical (unpaired) electrons. The molecule has 6 nitrogen and oxygen atoms in total. The second kappa shape index (κ2) is 9.14. The Morgan fingerprint density at radius 2 is 1.81 bits per heavy atom. The van der Waals surface area contributed by atoms with E-state index in [1.54, 1.807) is 23.1 Å². The minimum Gasteiger partial charge on any atom is -0.351 e.